The molecule has 0 aliphatic carbocycles. The van der Waals surface area contributed by atoms with E-state index in [9.17, 15) is 5.26 Å². The number of aromatic nitrogens is 2. The molecule has 0 bridgehead atoms. The fraction of sp³-hybridized carbons (Fsp3) is 0.182. The number of nitrogens with two attached hydrogens (primary N) is 1. The highest BCUT2D eigenvalue weighted by molar-refractivity contribution is 5.73. The summed E-state index contributed by atoms with van der Waals surface area (Å²) in [6.07, 6.45) is 0. The Morgan fingerprint density at radius 1 is 1.03 bits per heavy atom. The number of nitrogens with one attached hydrogen (secondary N) is 1. The largest absolute Gasteiger partial charge is 0.496 e. The van der Waals surface area contributed by atoms with Crippen LogP contribution in [0.25, 0.3) is 11.3 Å². The second kappa shape index (κ2) is 7.72. The molecule has 0 spiro atoms. The zero-order valence-electron chi connectivity index (χ0n) is 16.7. The standard InChI is InChI=1S/C22H20N4O4/c1-27-13-9-15(28-2)18(16(10-13)29-3)17-14(11-23)21(24)30-22-19(17)20(25-26-22)12-7-5-4-6-8-12/h4-10,17H,24H2,1-3H3,(H,25,26)/t17-/m0/s1. The first-order chi connectivity index (χ1) is 14.6. The van der Waals surface area contributed by atoms with Gasteiger partial charge >= 0.3 is 0 Å². The van der Waals surface area contributed by atoms with Gasteiger partial charge in [-0.1, -0.05) is 30.3 Å². The number of rotatable bonds is 5. The molecule has 0 saturated heterocycles. The number of H-pyrrole nitrogens is 1. The summed E-state index contributed by atoms with van der Waals surface area (Å²) < 4.78 is 22.3. The van der Waals surface area contributed by atoms with E-state index < -0.39 is 5.92 Å². The van der Waals surface area contributed by atoms with Crippen LogP contribution in [0.15, 0.2) is 53.9 Å². The van der Waals surface area contributed by atoms with Crippen molar-refractivity contribution in [3.8, 4) is 40.5 Å². The van der Waals surface area contributed by atoms with Crippen molar-refractivity contribution >= 4 is 0 Å². The van der Waals surface area contributed by atoms with Gasteiger partial charge in [0.25, 0.3) is 0 Å². The Kier molecular flexibility index (Phi) is 4.94. The van der Waals surface area contributed by atoms with Gasteiger partial charge in [-0.25, -0.2) is 0 Å². The van der Waals surface area contributed by atoms with E-state index in [1.807, 2.05) is 30.3 Å². The van der Waals surface area contributed by atoms with E-state index >= 15 is 0 Å². The SMILES string of the molecule is COc1cc(OC)c([C@@H]2C(C#N)=C(N)Oc3n[nH]c(-c4ccccc4)c32)c(OC)c1. The van der Waals surface area contributed by atoms with Crippen molar-refractivity contribution < 1.29 is 18.9 Å². The maximum absolute atomic E-state index is 9.94. The Morgan fingerprint density at radius 3 is 2.27 bits per heavy atom. The number of nitrogens with zero attached hydrogens (tertiary/aromatic N) is 2. The minimum atomic E-state index is -0.622. The zero-order valence-corrected chi connectivity index (χ0v) is 16.7. The van der Waals surface area contributed by atoms with Gasteiger partial charge < -0.3 is 24.7 Å². The molecule has 8 nitrogen and oxygen atoms in total. The highest BCUT2D eigenvalue weighted by Crippen LogP contribution is 2.51. The Hall–Kier alpha value is -4.12. The molecular formula is C22H20N4O4. The van der Waals surface area contributed by atoms with Gasteiger partial charge in [0.15, 0.2) is 0 Å². The van der Waals surface area contributed by atoms with E-state index in [0.29, 0.717) is 34.3 Å². The summed E-state index contributed by atoms with van der Waals surface area (Å²) in [5.41, 5.74) is 9.25. The Morgan fingerprint density at radius 2 is 1.70 bits per heavy atom. The van der Waals surface area contributed by atoms with E-state index in [2.05, 4.69) is 16.3 Å². The van der Waals surface area contributed by atoms with Crippen LogP contribution in [0.5, 0.6) is 23.1 Å². The van der Waals surface area contributed by atoms with Gasteiger partial charge in [-0.2, -0.15) is 5.26 Å². The summed E-state index contributed by atoms with van der Waals surface area (Å²) in [5.74, 6) is 1.21. The van der Waals surface area contributed by atoms with Crippen molar-refractivity contribution in [3.63, 3.8) is 0 Å². The molecule has 2 heterocycles. The van der Waals surface area contributed by atoms with Crippen LogP contribution in [0.4, 0.5) is 0 Å². The van der Waals surface area contributed by atoms with Gasteiger partial charge in [-0.15, -0.1) is 5.10 Å². The third kappa shape index (κ3) is 2.97. The predicted molar refractivity (Wildman–Crippen MR) is 109 cm³/mol. The van der Waals surface area contributed by atoms with Crippen LogP contribution < -0.4 is 24.7 Å². The Balaban J connectivity index is 2.04. The van der Waals surface area contributed by atoms with Crippen molar-refractivity contribution in [1.29, 1.82) is 5.26 Å². The lowest BCUT2D eigenvalue weighted by atomic mass is 9.82. The van der Waals surface area contributed by atoms with E-state index in [1.165, 1.54) is 0 Å². The summed E-state index contributed by atoms with van der Waals surface area (Å²) in [6, 6.07) is 15.3. The highest BCUT2D eigenvalue weighted by Gasteiger charge is 2.39. The number of fused-ring (bicyclic) bond motifs is 1. The van der Waals surface area contributed by atoms with Crippen LogP contribution in [0.3, 0.4) is 0 Å². The number of benzene rings is 2. The first kappa shape index (κ1) is 19.2. The molecule has 1 aromatic heterocycles. The van der Waals surface area contributed by atoms with Crippen molar-refractivity contribution in [1.82, 2.24) is 10.2 Å². The van der Waals surface area contributed by atoms with E-state index in [1.54, 1.807) is 33.5 Å². The molecule has 0 fully saturated rings. The Bertz CT molecular complexity index is 1140. The normalized spacial score (nSPS) is 15.1. The minimum absolute atomic E-state index is 0.0129. The maximum Gasteiger partial charge on any atom is 0.244 e. The Labute approximate surface area is 173 Å². The van der Waals surface area contributed by atoms with Gasteiger partial charge in [-0.3, -0.25) is 5.10 Å². The number of hydrogen-bond donors (Lipinski definition) is 2. The van der Waals surface area contributed by atoms with E-state index in [-0.39, 0.29) is 11.5 Å². The molecule has 3 N–H and O–H groups in total. The average molecular weight is 404 g/mol. The van der Waals surface area contributed by atoms with Crippen molar-refractivity contribution in [2.75, 3.05) is 21.3 Å². The molecule has 8 heteroatoms. The van der Waals surface area contributed by atoms with Gasteiger partial charge in [0.05, 0.1) is 38.5 Å². The molecule has 152 valence electrons. The van der Waals surface area contributed by atoms with Crippen molar-refractivity contribution in [2.24, 2.45) is 5.73 Å². The summed E-state index contributed by atoms with van der Waals surface area (Å²) in [4.78, 5) is 0. The monoisotopic (exact) mass is 404 g/mol. The molecule has 0 unspecified atom stereocenters. The number of allylic oxidation sites excluding steroid dienone is 1. The topological polar surface area (TPSA) is 115 Å². The predicted octanol–water partition coefficient (Wildman–Crippen LogP) is 3.32. The van der Waals surface area contributed by atoms with Gasteiger partial charge in [0, 0.05) is 17.7 Å². The molecule has 1 aliphatic rings. The third-order valence-electron chi connectivity index (χ3n) is 5.04. The molecule has 3 aromatic rings. The second-order valence-corrected chi connectivity index (χ2v) is 6.55. The van der Waals surface area contributed by atoms with Crippen LogP contribution in [-0.2, 0) is 0 Å². The molecule has 4 rings (SSSR count). The molecule has 1 atom stereocenters. The van der Waals surface area contributed by atoms with Crippen LogP contribution in [0.2, 0.25) is 0 Å². The second-order valence-electron chi connectivity index (χ2n) is 6.55. The molecule has 2 aromatic carbocycles. The lowest BCUT2D eigenvalue weighted by Gasteiger charge is -2.27. The number of nitriles is 1. The van der Waals surface area contributed by atoms with Gasteiger partial charge in [0.2, 0.25) is 11.8 Å². The molecular weight excluding hydrogens is 384 g/mol. The number of methoxy groups -OCH3 is 3. The third-order valence-corrected chi connectivity index (χ3v) is 5.04. The van der Waals surface area contributed by atoms with Crippen LogP contribution >= 0.6 is 0 Å². The lowest BCUT2D eigenvalue weighted by Crippen LogP contribution is -2.21. The smallest absolute Gasteiger partial charge is 0.244 e. The van der Waals surface area contributed by atoms with E-state index in [4.69, 9.17) is 24.7 Å². The van der Waals surface area contributed by atoms with Gasteiger partial charge in [0.1, 0.15) is 28.9 Å². The molecule has 0 saturated carbocycles. The number of hydrogen-bond acceptors (Lipinski definition) is 7. The van der Waals surface area contributed by atoms with Crippen LogP contribution in [0, 0.1) is 11.3 Å². The molecule has 0 radical (unpaired) electrons. The lowest BCUT2D eigenvalue weighted by molar-refractivity contribution is 0.358. The van der Waals surface area contributed by atoms with Crippen molar-refractivity contribution in [2.45, 2.75) is 5.92 Å². The average Bonchev–Trinajstić information content (AvgIpc) is 3.21. The maximum atomic E-state index is 9.94. The molecule has 1 aliphatic heterocycles. The quantitative estimate of drug-likeness (QED) is 0.670. The fourth-order valence-electron chi connectivity index (χ4n) is 3.68. The summed E-state index contributed by atoms with van der Waals surface area (Å²) >= 11 is 0. The van der Waals surface area contributed by atoms with Crippen LogP contribution in [0.1, 0.15) is 17.0 Å². The van der Waals surface area contributed by atoms with Crippen LogP contribution in [-0.4, -0.2) is 31.5 Å². The highest BCUT2D eigenvalue weighted by atomic mass is 16.5. The number of ether oxygens (including phenoxy) is 4. The summed E-state index contributed by atoms with van der Waals surface area (Å²) in [7, 11) is 4.65. The summed E-state index contributed by atoms with van der Waals surface area (Å²) in [5, 5.41) is 17.3. The first-order valence-corrected chi connectivity index (χ1v) is 9.14. The van der Waals surface area contributed by atoms with Gasteiger partial charge in [-0.05, 0) is 5.56 Å². The fourth-order valence-corrected chi connectivity index (χ4v) is 3.68. The zero-order chi connectivity index (χ0) is 21.3. The molecule has 0 amide bonds. The molecule has 30 heavy (non-hydrogen) atoms. The van der Waals surface area contributed by atoms with Crippen molar-refractivity contribution in [3.05, 3.63) is 65.0 Å². The summed E-state index contributed by atoms with van der Waals surface area (Å²) in [6.45, 7) is 0. The van der Waals surface area contributed by atoms with E-state index in [0.717, 1.165) is 11.3 Å². The number of aromatic amines is 1. The minimum Gasteiger partial charge on any atom is -0.496 e. The first-order valence-electron chi connectivity index (χ1n) is 9.14.